The number of fused-ring (bicyclic) bond motifs is 1. The summed E-state index contributed by atoms with van der Waals surface area (Å²) in [5, 5.41) is 8.39. The number of pyridine rings is 1. The Kier molecular flexibility index (Phi) is 10.9. The van der Waals surface area contributed by atoms with E-state index >= 15 is 0 Å². The minimum atomic E-state index is -4.25. The molecule has 3 aliphatic heterocycles. The summed E-state index contributed by atoms with van der Waals surface area (Å²) in [6.45, 7) is 7.21. The zero-order chi connectivity index (χ0) is 31.9. The number of amides is 2. The van der Waals surface area contributed by atoms with Crippen LogP contribution in [0.5, 0.6) is 0 Å². The second kappa shape index (κ2) is 14.4. The lowest BCUT2D eigenvalue weighted by molar-refractivity contribution is -0.684. The van der Waals surface area contributed by atoms with Crippen LogP contribution < -0.4 is 4.57 Å². The van der Waals surface area contributed by atoms with Crippen LogP contribution in [-0.2, 0) is 41.3 Å². The molecule has 0 N–H and O–H groups in total. The molecule has 1 aromatic heterocycles. The third-order valence-corrected chi connectivity index (χ3v) is 9.03. The van der Waals surface area contributed by atoms with E-state index in [2.05, 4.69) is 29.6 Å². The molecule has 0 atom stereocenters. The summed E-state index contributed by atoms with van der Waals surface area (Å²) in [6, 6.07) is 4.09. The number of aryl methyl sites for hydroxylation is 1. The third-order valence-electron chi connectivity index (χ3n) is 7.31. The van der Waals surface area contributed by atoms with Crippen LogP contribution in [0.25, 0.3) is 0 Å². The molecule has 1 fully saturated rings. The molecule has 2 amide bonds. The molecule has 4 heterocycles. The van der Waals surface area contributed by atoms with Crippen molar-refractivity contribution in [2.45, 2.75) is 77.7 Å². The molecule has 0 bridgehead atoms. The average molecular weight is 644 g/mol. The maximum absolute atomic E-state index is 12.0. The second-order valence-corrected chi connectivity index (χ2v) is 13.9. The fourth-order valence-corrected chi connectivity index (χ4v) is 6.28. The highest BCUT2D eigenvalue weighted by molar-refractivity contribution is 8.17. The van der Waals surface area contributed by atoms with Crippen LogP contribution in [0.3, 0.4) is 0 Å². The normalized spacial score (nSPS) is 19.0. The van der Waals surface area contributed by atoms with Gasteiger partial charge in [0.15, 0.2) is 5.71 Å². The van der Waals surface area contributed by atoms with Crippen molar-refractivity contribution in [1.29, 1.82) is 0 Å². The molecule has 236 valence electrons. The number of aliphatic imine (C=N–C) groups is 1. The molecule has 0 radical (unpaired) electrons. The van der Waals surface area contributed by atoms with E-state index in [0.29, 0.717) is 18.0 Å². The summed E-state index contributed by atoms with van der Waals surface area (Å²) in [7, 11) is -4.25. The van der Waals surface area contributed by atoms with Crippen molar-refractivity contribution in [1.82, 2.24) is 10.1 Å². The summed E-state index contributed by atoms with van der Waals surface area (Å²) in [5.74, 6) is -1.05. The van der Waals surface area contributed by atoms with Gasteiger partial charge in [-0.2, -0.15) is 5.10 Å². The van der Waals surface area contributed by atoms with E-state index in [4.69, 9.17) is 9.83 Å². The molecule has 14 heteroatoms. The molecule has 4 rings (SSSR count). The first-order chi connectivity index (χ1) is 20.8. The lowest BCUT2D eigenvalue weighted by atomic mass is 9.82. The van der Waals surface area contributed by atoms with Crippen LogP contribution in [-0.4, -0.2) is 63.9 Å². The summed E-state index contributed by atoms with van der Waals surface area (Å²) in [6.07, 6.45) is 14.3. The van der Waals surface area contributed by atoms with Gasteiger partial charge in [-0.15, -0.1) is 5.06 Å². The molecule has 12 nitrogen and oxygen atoms in total. The number of hydrogen-bond donors (Lipinski definition) is 0. The highest BCUT2D eigenvalue weighted by atomic mass is 32.2. The first-order valence-corrected chi connectivity index (χ1v) is 16.9. The Morgan fingerprint density at radius 2 is 1.89 bits per heavy atom. The maximum Gasteiger partial charge on any atom is 0.333 e. The molecule has 0 aromatic carbocycles. The van der Waals surface area contributed by atoms with E-state index in [0.717, 1.165) is 46.6 Å². The van der Waals surface area contributed by atoms with Gasteiger partial charge >= 0.3 is 11.8 Å². The maximum atomic E-state index is 12.0. The summed E-state index contributed by atoms with van der Waals surface area (Å²) >= 11 is 1.48. The van der Waals surface area contributed by atoms with E-state index in [1.54, 1.807) is 5.01 Å². The van der Waals surface area contributed by atoms with Crippen molar-refractivity contribution in [3.8, 4) is 0 Å². The van der Waals surface area contributed by atoms with Crippen LogP contribution in [0.1, 0.15) is 71.3 Å². The summed E-state index contributed by atoms with van der Waals surface area (Å²) in [5.41, 5.74) is 1.76. The number of nitrogens with zero attached hydrogens (tertiary/aromatic N) is 5. The number of hydroxylamine groups is 2. The predicted molar refractivity (Wildman–Crippen MR) is 165 cm³/mol. The van der Waals surface area contributed by atoms with Crippen molar-refractivity contribution < 1.29 is 36.8 Å². The Hall–Kier alpha value is -3.62. The first-order valence-electron chi connectivity index (χ1n) is 14.5. The second-order valence-electron chi connectivity index (χ2n) is 11.1. The highest BCUT2D eigenvalue weighted by Gasteiger charge is 2.41. The average Bonchev–Trinajstić information content (AvgIpc) is 3.55. The van der Waals surface area contributed by atoms with Crippen molar-refractivity contribution in [3.05, 3.63) is 59.3 Å². The number of hydrogen-bond acceptors (Lipinski definition) is 11. The third kappa shape index (κ3) is 8.73. The van der Waals surface area contributed by atoms with Gasteiger partial charge in [0, 0.05) is 31.6 Å². The number of carbonyl (C=O) groups excluding carboxylic acids is 3. The standard InChI is InChI=1S/C30H37N5O7S2/c1-22-32-34(20-11-21-44(39,40)41)27(43-22)14-7-4-6-13-24-30(2,3)23-12-10-19-33(29(23)31-24)18-9-5-8-15-28(38)42-35-25(36)16-17-26(35)37/h4,6-7,10,12-14,19H,5,8-9,11,15-18,20-21H2,1-3H3. The number of aromatic nitrogens is 1. The minimum Gasteiger partial charge on any atom is -0.748 e. The molecular formula is C30H37N5O7S2. The minimum absolute atomic E-state index is 0.0778. The zero-order valence-electron chi connectivity index (χ0n) is 25.1. The van der Waals surface area contributed by atoms with Gasteiger partial charge in [0.2, 0.25) is 0 Å². The van der Waals surface area contributed by atoms with Gasteiger partial charge in [-0.1, -0.05) is 30.0 Å². The molecule has 0 aliphatic carbocycles. The Labute approximate surface area is 261 Å². The number of allylic oxidation sites excluding steroid dienone is 5. The Morgan fingerprint density at radius 1 is 1.14 bits per heavy atom. The lowest BCUT2D eigenvalue weighted by Crippen LogP contribution is -2.35. The van der Waals surface area contributed by atoms with Crippen LogP contribution in [0.15, 0.2) is 63.8 Å². The Bertz CT molecular complexity index is 1540. The number of imide groups is 1. The number of hydrazone groups is 1. The largest absolute Gasteiger partial charge is 0.748 e. The fourth-order valence-electron chi connectivity index (χ4n) is 4.97. The molecule has 0 saturated carbocycles. The number of unbranched alkanes of at least 4 members (excludes halogenated alkanes) is 2. The van der Waals surface area contributed by atoms with Crippen LogP contribution in [0, 0.1) is 0 Å². The van der Waals surface area contributed by atoms with Gasteiger partial charge in [0.1, 0.15) is 0 Å². The Balaban J connectivity index is 1.29. The monoisotopic (exact) mass is 643 g/mol. The van der Waals surface area contributed by atoms with Crippen LogP contribution in [0.4, 0.5) is 5.82 Å². The molecular weight excluding hydrogens is 606 g/mol. The smallest absolute Gasteiger partial charge is 0.333 e. The van der Waals surface area contributed by atoms with Gasteiger partial charge in [-0.25, -0.2) is 17.8 Å². The van der Waals surface area contributed by atoms with E-state index in [1.807, 2.05) is 49.6 Å². The van der Waals surface area contributed by atoms with Gasteiger partial charge in [0.25, 0.3) is 11.8 Å². The van der Waals surface area contributed by atoms with Gasteiger partial charge in [0.05, 0.1) is 43.9 Å². The van der Waals surface area contributed by atoms with Gasteiger partial charge in [-0.3, -0.25) is 14.6 Å². The Morgan fingerprint density at radius 3 is 2.61 bits per heavy atom. The van der Waals surface area contributed by atoms with Crippen molar-refractivity contribution in [2.75, 3.05) is 12.3 Å². The summed E-state index contributed by atoms with van der Waals surface area (Å²) < 4.78 is 34.8. The molecule has 0 spiro atoms. The van der Waals surface area contributed by atoms with Gasteiger partial charge in [-0.05, 0) is 75.7 Å². The molecule has 44 heavy (non-hydrogen) atoms. The highest BCUT2D eigenvalue weighted by Crippen LogP contribution is 2.38. The zero-order valence-corrected chi connectivity index (χ0v) is 26.7. The van der Waals surface area contributed by atoms with E-state index in [-0.39, 0.29) is 31.1 Å². The molecule has 1 aromatic rings. The fraction of sp³-hybridized carbons (Fsp3) is 0.467. The van der Waals surface area contributed by atoms with E-state index in [1.165, 1.54) is 11.8 Å². The SMILES string of the molecule is CC1=NN(CCCS(=O)(=O)[O-])/C(=C/C=C/C=C/C2=Nc3c(ccc[n+]3CCCCCC(=O)ON3C(=O)CCC3=O)C2(C)C)S1. The molecule has 3 aliphatic rings. The van der Waals surface area contributed by atoms with Crippen molar-refractivity contribution >= 4 is 56.2 Å². The number of thioether (sulfide) groups is 1. The van der Waals surface area contributed by atoms with Crippen LogP contribution >= 0.6 is 11.8 Å². The molecule has 1 saturated heterocycles. The van der Waals surface area contributed by atoms with E-state index in [9.17, 15) is 27.4 Å². The predicted octanol–water partition coefficient (Wildman–Crippen LogP) is 3.78. The molecule has 0 unspecified atom stereocenters. The summed E-state index contributed by atoms with van der Waals surface area (Å²) in [4.78, 5) is 45.1. The van der Waals surface area contributed by atoms with Crippen LogP contribution in [0.2, 0.25) is 0 Å². The van der Waals surface area contributed by atoms with E-state index < -0.39 is 33.7 Å². The number of carbonyl (C=O) groups is 3. The number of rotatable bonds is 14. The van der Waals surface area contributed by atoms with Gasteiger partial charge < -0.3 is 9.39 Å². The topological polar surface area (TPSA) is 153 Å². The quantitative estimate of drug-likeness (QED) is 0.0969. The van der Waals surface area contributed by atoms with Crippen molar-refractivity contribution in [2.24, 2.45) is 10.1 Å². The lowest BCUT2D eigenvalue weighted by Gasteiger charge is -2.16. The first kappa shape index (κ1) is 33.3. The van der Waals surface area contributed by atoms with Crippen molar-refractivity contribution in [3.63, 3.8) is 0 Å².